The summed E-state index contributed by atoms with van der Waals surface area (Å²) in [7, 11) is 0. The second-order valence-electron chi connectivity index (χ2n) is 15.9. The standard InChI is InChI=1S/C50H35BN2O2/c1-50(2,3)33-26-31(25-32(27-33)41-28-30(23-24-52-41)29-13-5-4-6-14-29)40-22-21-36-34-15-7-8-16-35(34)43-45(47(36)53-40)48(54)44-37-17-9-10-18-38(37)51-39-19-11-12-20-42(39)55-49(43)46(44)51/h4-28,54H,1-3H3. The zero-order valence-electron chi connectivity index (χ0n) is 30.8. The van der Waals surface area contributed by atoms with Crippen LogP contribution in [0, 0.1) is 0 Å². The van der Waals surface area contributed by atoms with Crippen molar-refractivity contribution in [1.82, 2.24) is 9.97 Å². The minimum atomic E-state index is -0.124. The number of ether oxygens (including phenoxy) is 1. The van der Waals surface area contributed by atoms with Crippen LogP contribution in [0.3, 0.4) is 0 Å². The Morgan fingerprint density at radius 1 is 0.582 bits per heavy atom. The molecule has 0 saturated carbocycles. The maximum absolute atomic E-state index is 12.7. The molecule has 1 N–H and O–H groups in total. The van der Waals surface area contributed by atoms with Gasteiger partial charge in [-0.05, 0) is 97.9 Å². The number of para-hydroxylation sites is 1. The largest absolute Gasteiger partial charge is 0.507 e. The summed E-state index contributed by atoms with van der Waals surface area (Å²) in [5, 5.41) is 17.4. The highest BCUT2D eigenvalue weighted by atomic mass is 16.5. The van der Waals surface area contributed by atoms with Gasteiger partial charge in [0.05, 0.1) is 22.3 Å². The fourth-order valence-electron chi connectivity index (χ4n) is 8.97. The monoisotopic (exact) mass is 706 g/mol. The fourth-order valence-corrected chi connectivity index (χ4v) is 8.97. The van der Waals surface area contributed by atoms with Gasteiger partial charge >= 0.3 is 0 Å². The number of hydrogen-bond donors (Lipinski definition) is 1. The van der Waals surface area contributed by atoms with Crippen molar-refractivity contribution in [2.45, 2.75) is 26.2 Å². The van der Waals surface area contributed by atoms with Crippen molar-refractivity contribution in [2.75, 3.05) is 0 Å². The van der Waals surface area contributed by atoms with Gasteiger partial charge < -0.3 is 9.84 Å². The summed E-state index contributed by atoms with van der Waals surface area (Å²) in [6.07, 6.45) is 1.89. The predicted molar refractivity (Wildman–Crippen MR) is 228 cm³/mol. The Morgan fingerprint density at radius 2 is 1.29 bits per heavy atom. The first kappa shape index (κ1) is 31.8. The lowest BCUT2D eigenvalue weighted by atomic mass is 9.38. The molecule has 260 valence electrons. The van der Waals surface area contributed by atoms with Crippen molar-refractivity contribution < 1.29 is 9.84 Å². The number of phenolic OH excluding ortho intramolecular Hbond substituents is 1. The van der Waals surface area contributed by atoms with Crippen LogP contribution in [0.5, 0.6) is 17.2 Å². The number of aromatic hydroxyl groups is 1. The molecular weight excluding hydrogens is 671 g/mol. The van der Waals surface area contributed by atoms with Crippen LogP contribution in [0.15, 0.2) is 152 Å². The highest BCUT2D eigenvalue weighted by Crippen LogP contribution is 2.50. The highest BCUT2D eigenvalue weighted by Gasteiger charge is 2.44. The van der Waals surface area contributed by atoms with Gasteiger partial charge in [-0.2, -0.15) is 0 Å². The van der Waals surface area contributed by atoms with Gasteiger partial charge in [0.2, 0.25) is 0 Å². The minimum absolute atomic E-state index is 0.0391. The third kappa shape index (κ3) is 4.72. The van der Waals surface area contributed by atoms with E-state index in [0.29, 0.717) is 5.39 Å². The van der Waals surface area contributed by atoms with E-state index in [1.54, 1.807) is 0 Å². The Balaban J connectivity index is 1.20. The zero-order valence-corrected chi connectivity index (χ0v) is 30.8. The lowest BCUT2D eigenvalue weighted by molar-refractivity contribution is 0.478. The number of fused-ring (bicyclic) bond motifs is 12. The van der Waals surface area contributed by atoms with Gasteiger partial charge in [0.25, 0.3) is 6.71 Å². The second kappa shape index (κ2) is 11.6. The first-order valence-electron chi connectivity index (χ1n) is 18.9. The van der Waals surface area contributed by atoms with Crippen molar-refractivity contribution in [3.63, 3.8) is 0 Å². The summed E-state index contributed by atoms with van der Waals surface area (Å²) in [5.41, 5.74) is 13.0. The van der Waals surface area contributed by atoms with Gasteiger partial charge in [0, 0.05) is 33.7 Å². The van der Waals surface area contributed by atoms with Gasteiger partial charge in [0.15, 0.2) is 0 Å². The molecule has 0 radical (unpaired) electrons. The third-order valence-corrected chi connectivity index (χ3v) is 11.6. The quantitative estimate of drug-likeness (QED) is 0.147. The van der Waals surface area contributed by atoms with E-state index in [9.17, 15) is 5.11 Å². The molecule has 4 nitrogen and oxygen atoms in total. The fraction of sp³-hybridized carbons (Fsp3) is 0.0800. The Kier molecular flexibility index (Phi) is 6.73. The summed E-state index contributed by atoms with van der Waals surface area (Å²) in [6.45, 7) is 6.68. The second-order valence-corrected chi connectivity index (χ2v) is 15.9. The number of hydrogen-bond acceptors (Lipinski definition) is 4. The van der Waals surface area contributed by atoms with E-state index in [-0.39, 0.29) is 17.9 Å². The van der Waals surface area contributed by atoms with Crippen LogP contribution in [-0.2, 0) is 5.41 Å². The molecular formula is C50H35BN2O2. The van der Waals surface area contributed by atoms with Crippen LogP contribution in [0.2, 0.25) is 0 Å². The molecule has 2 aliphatic heterocycles. The molecule has 7 aromatic carbocycles. The molecule has 2 aliphatic rings. The SMILES string of the molecule is CC(C)(C)c1cc(-c2cc(-c3ccccc3)ccn2)cc(-c2ccc3c4ccccc4c4c5c6c(c(O)c4c3n2)-c2ccccc2B6c2ccccc2O5)c1. The molecule has 9 aromatic rings. The predicted octanol–water partition coefficient (Wildman–Crippen LogP) is 10.5. The summed E-state index contributed by atoms with van der Waals surface area (Å²) in [5.74, 6) is 1.89. The van der Waals surface area contributed by atoms with E-state index in [1.165, 1.54) is 11.0 Å². The van der Waals surface area contributed by atoms with E-state index in [0.717, 1.165) is 94.3 Å². The Labute approximate surface area is 319 Å². The first-order chi connectivity index (χ1) is 26.8. The van der Waals surface area contributed by atoms with Gasteiger partial charge in [-0.1, -0.05) is 123 Å². The van der Waals surface area contributed by atoms with E-state index in [4.69, 9.17) is 14.7 Å². The number of nitrogens with zero attached hydrogens (tertiary/aromatic N) is 2. The van der Waals surface area contributed by atoms with Crippen molar-refractivity contribution in [3.8, 4) is 62.0 Å². The summed E-state index contributed by atoms with van der Waals surface area (Å²) in [4.78, 5) is 10.4. The molecule has 11 rings (SSSR count). The Hall–Kier alpha value is -6.72. The van der Waals surface area contributed by atoms with Crippen molar-refractivity contribution in [1.29, 1.82) is 0 Å². The molecule has 0 aliphatic carbocycles. The van der Waals surface area contributed by atoms with Gasteiger partial charge in [-0.25, -0.2) is 4.98 Å². The van der Waals surface area contributed by atoms with Crippen LogP contribution in [0.4, 0.5) is 0 Å². The Morgan fingerprint density at radius 3 is 2.11 bits per heavy atom. The number of phenols is 1. The molecule has 0 bridgehead atoms. The third-order valence-electron chi connectivity index (χ3n) is 11.6. The highest BCUT2D eigenvalue weighted by molar-refractivity contribution is 7.00. The van der Waals surface area contributed by atoms with E-state index in [1.807, 2.05) is 18.3 Å². The molecule has 0 unspecified atom stereocenters. The number of aromatic nitrogens is 2. The summed E-state index contributed by atoms with van der Waals surface area (Å²) in [6, 6.07) is 50.9. The molecule has 5 heteroatoms. The van der Waals surface area contributed by atoms with Crippen molar-refractivity contribution in [3.05, 3.63) is 157 Å². The van der Waals surface area contributed by atoms with Crippen LogP contribution >= 0.6 is 0 Å². The zero-order chi connectivity index (χ0) is 37.0. The molecule has 55 heavy (non-hydrogen) atoms. The summed E-state index contributed by atoms with van der Waals surface area (Å²) >= 11 is 0. The van der Waals surface area contributed by atoms with Crippen molar-refractivity contribution in [2.24, 2.45) is 0 Å². The van der Waals surface area contributed by atoms with E-state index >= 15 is 0 Å². The molecule has 0 atom stereocenters. The molecule has 2 aromatic heterocycles. The van der Waals surface area contributed by atoms with E-state index in [2.05, 4.69) is 154 Å². The van der Waals surface area contributed by atoms with Gasteiger partial charge in [-0.3, -0.25) is 4.98 Å². The lowest BCUT2D eigenvalue weighted by Gasteiger charge is -2.27. The summed E-state index contributed by atoms with van der Waals surface area (Å²) < 4.78 is 6.95. The lowest BCUT2D eigenvalue weighted by Crippen LogP contribution is -2.52. The molecule has 0 amide bonds. The topological polar surface area (TPSA) is 55.2 Å². The van der Waals surface area contributed by atoms with Crippen LogP contribution < -0.4 is 21.1 Å². The van der Waals surface area contributed by atoms with Crippen LogP contribution in [0.25, 0.3) is 77.2 Å². The Bertz CT molecular complexity index is 3070. The number of benzene rings is 7. The first-order valence-corrected chi connectivity index (χ1v) is 18.9. The number of rotatable bonds is 3. The van der Waals surface area contributed by atoms with Gasteiger partial charge in [-0.15, -0.1) is 0 Å². The molecule has 0 saturated heterocycles. The van der Waals surface area contributed by atoms with Crippen LogP contribution in [-0.4, -0.2) is 21.8 Å². The average molecular weight is 707 g/mol. The van der Waals surface area contributed by atoms with Crippen molar-refractivity contribution >= 4 is 55.5 Å². The molecule has 0 spiro atoms. The molecule has 4 heterocycles. The van der Waals surface area contributed by atoms with Crippen LogP contribution in [0.1, 0.15) is 26.3 Å². The number of pyridine rings is 2. The maximum Gasteiger partial charge on any atom is 0.252 e. The normalized spacial score (nSPS) is 12.8. The minimum Gasteiger partial charge on any atom is -0.507 e. The molecule has 0 fully saturated rings. The smallest absolute Gasteiger partial charge is 0.252 e. The van der Waals surface area contributed by atoms with E-state index < -0.39 is 0 Å². The maximum atomic E-state index is 12.7. The van der Waals surface area contributed by atoms with Gasteiger partial charge in [0.1, 0.15) is 17.2 Å². The average Bonchev–Trinajstić information content (AvgIpc) is 3.58.